The third-order valence-corrected chi connectivity index (χ3v) is 8.30. The number of carbonyl (C=O) groups is 1. The molecule has 0 spiro atoms. The molecule has 1 saturated heterocycles. The number of sulfonamides is 1. The summed E-state index contributed by atoms with van der Waals surface area (Å²) in [6.07, 6.45) is 0.993. The van der Waals surface area contributed by atoms with Crippen molar-refractivity contribution in [3.8, 4) is 11.5 Å². The molecule has 4 rings (SSSR count). The van der Waals surface area contributed by atoms with Gasteiger partial charge in [0.15, 0.2) is 11.5 Å². The minimum atomic E-state index is -3.92. The van der Waals surface area contributed by atoms with Gasteiger partial charge in [-0.1, -0.05) is 11.3 Å². The number of aryl methyl sites for hydroxylation is 2. The smallest absolute Gasteiger partial charge is 0.250 e. The van der Waals surface area contributed by atoms with Crippen LogP contribution in [0, 0.1) is 13.8 Å². The van der Waals surface area contributed by atoms with Gasteiger partial charge in [0.05, 0.1) is 24.8 Å². The Bertz CT molecular complexity index is 1250. The highest BCUT2D eigenvalue weighted by Gasteiger charge is 2.40. The van der Waals surface area contributed by atoms with Crippen LogP contribution in [-0.2, 0) is 14.8 Å². The monoisotopic (exact) mass is 465 g/mol. The normalized spacial score (nSPS) is 17.2. The van der Waals surface area contributed by atoms with Crippen molar-refractivity contribution in [3.63, 3.8) is 0 Å². The molecular formula is C19H23N5O5S2. The molecule has 12 heteroatoms. The van der Waals surface area contributed by atoms with Gasteiger partial charge < -0.3 is 9.47 Å². The van der Waals surface area contributed by atoms with Crippen LogP contribution in [0.15, 0.2) is 23.1 Å². The summed E-state index contributed by atoms with van der Waals surface area (Å²) >= 11 is 1.48. The minimum Gasteiger partial charge on any atom is -0.493 e. The average Bonchev–Trinajstić information content (AvgIpc) is 3.45. The van der Waals surface area contributed by atoms with E-state index in [9.17, 15) is 13.2 Å². The molecule has 1 N–H and O–H groups in total. The van der Waals surface area contributed by atoms with E-state index >= 15 is 0 Å². The molecule has 166 valence electrons. The summed E-state index contributed by atoms with van der Waals surface area (Å²) in [5.74, 6) is 0.439. The van der Waals surface area contributed by atoms with E-state index in [4.69, 9.17) is 9.47 Å². The first-order chi connectivity index (χ1) is 14.8. The fourth-order valence-electron chi connectivity index (χ4n) is 3.59. The average molecular weight is 466 g/mol. The highest BCUT2D eigenvalue weighted by molar-refractivity contribution is 7.89. The number of amides is 1. The molecule has 2 aromatic heterocycles. The highest BCUT2D eigenvalue weighted by atomic mass is 32.2. The van der Waals surface area contributed by atoms with E-state index in [-0.39, 0.29) is 17.4 Å². The van der Waals surface area contributed by atoms with Gasteiger partial charge in [-0.3, -0.25) is 10.1 Å². The molecule has 0 bridgehead atoms. The largest absolute Gasteiger partial charge is 0.493 e. The third-order valence-electron chi connectivity index (χ3n) is 5.35. The zero-order chi connectivity index (χ0) is 22.3. The molecular weight excluding hydrogens is 442 g/mol. The highest BCUT2D eigenvalue weighted by Crippen LogP contribution is 2.33. The summed E-state index contributed by atoms with van der Waals surface area (Å²) < 4.78 is 39.8. The van der Waals surface area contributed by atoms with E-state index in [1.165, 1.54) is 48.1 Å². The van der Waals surface area contributed by atoms with Gasteiger partial charge >= 0.3 is 0 Å². The van der Waals surface area contributed by atoms with Crippen molar-refractivity contribution in [3.05, 3.63) is 28.8 Å². The van der Waals surface area contributed by atoms with Crippen LogP contribution in [-0.4, -0.2) is 60.0 Å². The Kier molecular flexibility index (Phi) is 5.62. The number of ether oxygens (including phenoxy) is 2. The second-order valence-electron chi connectivity index (χ2n) is 7.15. The van der Waals surface area contributed by atoms with Gasteiger partial charge in [-0.2, -0.15) is 9.29 Å². The van der Waals surface area contributed by atoms with Crippen molar-refractivity contribution in [1.82, 2.24) is 18.9 Å². The molecule has 1 amide bonds. The van der Waals surface area contributed by atoms with Gasteiger partial charge in [-0.05, 0) is 38.8 Å². The first-order valence-corrected chi connectivity index (χ1v) is 11.9. The van der Waals surface area contributed by atoms with Crippen molar-refractivity contribution >= 4 is 38.2 Å². The Morgan fingerprint density at radius 2 is 1.97 bits per heavy atom. The minimum absolute atomic E-state index is 0.0385. The lowest BCUT2D eigenvalue weighted by Gasteiger charge is -2.23. The summed E-state index contributed by atoms with van der Waals surface area (Å²) in [5, 5.41) is 6.99. The predicted octanol–water partition coefficient (Wildman–Crippen LogP) is 2.22. The molecule has 1 fully saturated rings. The van der Waals surface area contributed by atoms with E-state index in [2.05, 4.69) is 15.4 Å². The number of nitrogens with zero attached hydrogens (tertiary/aromatic N) is 4. The third kappa shape index (κ3) is 3.75. The fraction of sp³-hybridized carbons (Fsp3) is 0.421. The van der Waals surface area contributed by atoms with Crippen LogP contribution in [0.4, 0.5) is 5.95 Å². The van der Waals surface area contributed by atoms with Crippen LogP contribution in [0.3, 0.4) is 0 Å². The number of rotatable bonds is 6. The van der Waals surface area contributed by atoms with Crippen LogP contribution < -0.4 is 14.8 Å². The number of carbonyl (C=O) groups excluding carboxylic acids is 1. The molecule has 1 unspecified atom stereocenters. The van der Waals surface area contributed by atoms with E-state index in [1.54, 1.807) is 4.52 Å². The molecule has 0 radical (unpaired) electrons. The first kappa shape index (κ1) is 21.5. The lowest BCUT2D eigenvalue weighted by atomic mass is 10.2. The van der Waals surface area contributed by atoms with Gasteiger partial charge in [0, 0.05) is 17.5 Å². The standard InChI is InChI=1S/C19H23N5O5S2/c1-11-12(2)30-19-21-18(22-24(11)19)20-17(25)14-6-5-9-23(14)31(26,27)13-7-8-15(28-3)16(10-13)29-4/h7-8,10,14H,5-6,9H2,1-4H3,(H,20,22,25). The van der Waals surface area contributed by atoms with Crippen LogP contribution in [0.5, 0.6) is 11.5 Å². The molecule has 1 aliphatic rings. The van der Waals surface area contributed by atoms with Gasteiger partial charge in [-0.15, -0.1) is 5.10 Å². The van der Waals surface area contributed by atoms with E-state index in [0.717, 1.165) is 10.6 Å². The van der Waals surface area contributed by atoms with Gasteiger partial charge in [0.2, 0.25) is 26.8 Å². The Morgan fingerprint density at radius 1 is 1.23 bits per heavy atom. The Hall–Kier alpha value is -2.70. The summed E-state index contributed by atoms with van der Waals surface area (Å²) in [7, 11) is -1.00. The maximum atomic E-state index is 13.3. The van der Waals surface area contributed by atoms with Gasteiger partial charge in [0.1, 0.15) is 6.04 Å². The molecule has 0 aliphatic carbocycles. The number of fused-ring (bicyclic) bond motifs is 1. The van der Waals surface area contributed by atoms with Crippen LogP contribution in [0.1, 0.15) is 23.4 Å². The molecule has 3 aromatic rings. The van der Waals surface area contributed by atoms with Crippen molar-refractivity contribution in [1.29, 1.82) is 0 Å². The Morgan fingerprint density at radius 3 is 2.65 bits per heavy atom. The number of aromatic nitrogens is 3. The van der Waals surface area contributed by atoms with Crippen molar-refractivity contribution < 1.29 is 22.7 Å². The van der Waals surface area contributed by atoms with E-state index in [0.29, 0.717) is 29.3 Å². The van der Waals surface area contributed by atoms with Crippen molar-refractivity contribution in [2.75, 3.05) is 26.1 Å². The van der Waals surface area contributed by atoms with E-state index < -0.39 is 22.0 Å². The summed E-state index contributed by atoms with van der Waals surface area (Å²) in [6, 6.07) is 3.53. The molecule has 3 heterocycles. The number of anilines is 1. The Balaban J connectivity index is 1.58. The summed E-state index contributed by atoms with van der Waals surface area (Å²) in [5.41, 5.74) is 0.950. The molecule has 0 saturated carbocycles. The first-order valence-electron chi connectivity index (χ1n) is 9.63. The molecule has 10 nitrogen and oxygen atoms in total. The van der Waals surface area contributed by atoms with Crippen molar-refractivity contribution in [2.45, 2.75) is 37.6 Å². The van der Waals surface area contributed by atoms with Crippen LogP contribution in [0.2, 0.25) is 0 Å². The lowest BCUT2D eigenvalue weighted by molar-refractivity contribution is -0.119. The zero-order valence-corrected chi connectivity index (χ0v) is 19.2. The van der Waals surface area contributed by atoms with Gasteiger partial charge in [0.25, 0.3) is 0 Å². The lowest BCUT2D eigenvalue weighted by Crippen LogP contribution is -2.43. The molecule has 31 heavy (non-hydrogen) atoms. The number of hydrogen-bond acceptors (Lipinski definition) is 8. The maximum absolute atomic E-state index is 13.3. The Labute approximate surface area is 183 Å². The van der Waals surface area contributed by atoms with E-state index in [1.807, 2.05) is 13.8 Å². The number of hydrogen-bond donors (Lipinski definition) is 1. The molecule has 1 aliphatic heterocycles. The van der Waals surface area contributed by atoms with Crippen molar-refractivity contribution in [2.24, 2.45) is 0 Å². The second-order valence-corrected chi connectivity index (χ2v) is 10.2. The van der Waals surface area contributed by atoms with Gasteiger partial charge in [-0.25, -0.2) is 12.9 Å². The SMILES string of the molecule is COc1ccc(S(=O)(=O)N2CCCC2C(=O)Nc2nc3sc(C)c(C)n3n2)cc1OC. The summed E-state index contributed by atoms with van der Waals surface area (Å²) in [4.78, 5) is 19.1. The predicted molar refractivity (Wildman–Crippen MR) is 115 cm³/mol. The van der Waals surface area contributed by atoms with Crippen LogP contribution in [0.25, 0.3) is 4.96 Å². The molecule has 1 aromatic carbocycles. The summed E-state index contributed by atoms with van der Waals surface area (Å²) in [6.45, 7) is 4.15. The number of methoxy groups -OCH3 is 2. The molecule has 1 atom stereocenters. The second kappa shape index (κ2) is 8.09. The quantitative estimate of drug-likeness (QED) is 0.593. The number of nitrogens with one attached hydrogen (secondary N) is 1. The zero-order valence-electron chi connectivity index (χ0n) is 17.6. The maximum Gasteiger partial charge on any atom is 0.250 e. The van der Waals surface area contributed by atoms with Crippen LogP contribution >= 0.6 is 11.3 Å². The number of thiazole rings is 1. The fourth-order valence-corrected chi connectivity index (χ4v) is 6.17. The topological polar surface area (TPSA) is 115 Å². The number of benzene rings is 1.